The Balaban J connectivity index is 1.65. The predicted molar refractivity (Wildman–Crippen MR) is 205 cm³/mol. The highest BCUT2D eigenvalue weighted by molar-refractivity contribution is 7.78. The minimum Gasteiger partial charge on any atom is -0.322 e. The summed E-state index contributed by atoms with van der Waals surface area (Å²) in [6.07, 6.45) is 27.7. The molecule has 1 heterocycles. The molecule has 1 aliphatic heterocycles. The molecule has 3 heteroatoms. The standard InChI is InChI=1S/C43H65N2P/c1-30-26-32(3)41(33(4)27-30)44-39-24-16-17-25-40(39)45(42-34(5)28-31(2)29-35(42)6)43(44)46(36-18-10-7-11-19-36,37-20-12-8-13-21-37)38-22-14-9-15-23-38/h26-29,36-40H,7-25H2,1-6H3. The molecule has 2 aromatic rings. The van der Waals surface area contributed by atoms with Crippen molar-refractivity contribution >= 4 is 23.8 Å². The van der Waals surface area contributed by atoms with Crippen LogP contribution in [0.2, 0.25) is 0 Å². The third-order valence-electron chi connectivity index (χ3n) is 13.4. The van der Waals surface area contributed by atoms with Crippen LogP contribution in [0.3, 0.4) is 0 Å². The zero-order valence-electron chi connectivity index (χ0n) is 30.5. The van der Waals surface area contributed by atoms with E-state index in [9.17, 15) is 0 Å². The zero-order chi connectivity index (χ0) is 32.0. The summed E-state index contributed by atoms with van der Waals surface area (Å²) >= 11 is 0. The Morgan fingerprint density at radius 1 is 0.413 bits per heavy atom. The van der Waals surface area contributed by atoms with Crippen LogP contribution in [0.5, 0.6) is 0 Å². The van der Waals surface area contributed by atoms with Gasteiger partial charge in [0.1, 0.15) is 5.54 Å². The Labute approximate surface area is 283 Å². The van der Waals surface area contributed by atoms with Gasteiger partial charge in [-0.15, -0.1) is 0 Å². The number of rotatable bonds is 5. The average molecular weight is 641 g/mol. The molecule has 7 rings (SSSR count). The summed E-state index contributed by atoms with van der Waals surface area (Å²) in [6, 6.07) is 11.3. The van der Waals surface area contributed by atoms with E-state index in [4.69, 9.17) is 0 Å². The lowest BCUT2D eigenvalue weighted by molar-refractivity contribution is 0.408. The first-order valence-corrected chi connectivity index (χ1v) is 21.8. The molecule has 4 saturated carbocycles. The van der Waals surface area contributed by atoms with E-state index in [1.165, 1.54) is 155 Å². The van der Waals surface area contributed by atoms with Crippen LogP contribution >= 0.6 is 6.89 Å². The minimum atomic E-state index is -1.62. The van der Waals surface area contributed by atoms with Gasteiger partial charge < -0.3 is 9.80 Å². The first kappa shape index (κ1) is 32.9. The van der Waals surface area contributed by atoms with Gasteiger partial charge in [0.25, 0.3) is 0 Å². The van der Waals surface area contributed by atoms with Crippen molar-refractivity contribution < 1.29 is 0 Å². The van der Waals surface area contributed by atoms with Crippen molar-refractivity contribution in [2.24, 2.45) is 0 Å². The highest BCUT2D eigenvalue weighted by atomic mass is 31.2. The summed E-state index contributed by atoms with van der Waals surface area (Å²) in [4.78, 5) is 6.36. The molecule has 0 aromatic heterocycles. The number of nitrogens with zero attached hydrogens (tertiary/aromatic N) is 2. The van der Waals surface area contributed by atoms with Gasteiger partial charge in [-0.25, -0.2) is 0 Å². The Hall–Kier alpha value is -1.66. The van der Waals surface area contributed by atoms with Crippen LogP contribution in [0.15, 0.2) is 24.3 Å². The van der Waals surface area contributed by atoms with E-state index in [1.807, 2.05) is 5.54 Å². The largest absolute Gasteiger partial charge is 0.322 e. The Bertz CT molecular complexity index is 1280. The van der Waals surface area contributed by atoms with Gasteiger partial charge in [0.05, 0.1) is 12.1 Å². The highest BCUT2D eigenvalue weighted by Crippen LogP contribution is 2.72. The second-order valence-electron chi connectivity index (χ2n) is 16.7. The number of anilines is 2. The first-order chi connectivity index (χ1) is 22.3. The summed E-state index contributed by atoms with van der Waals surface area (Å²) in [7, 11) is 0. The average Bonchev–Trinajstić information content (AvgIpc) is 3.37. The van der Waals surface area contributed by atoms with Crippen LogP contribution in [0.1, 0.15) is 155 Å². The molecular weight excluding hydrogens is 575 g/mol. The molecule has 0 N–H and O–H groups in total. The summed E-state index contributed by atoms with van der Waals surface area (Å²) in [5.41, 5.74) is 16.8. The fourth-order valence-electron chi connectivity index (χ4n) is 12.0. The number of aryl methyl sites for hydroxylation is 6. The Kier molecular flexibility index (Phi) is 9.78. The molecule has 5 fully saturated rings. The van der Waals surface area contributed by atoms with Crippen molar-refractivity contribution in [1.82, 2.24) is 0 Å². The Morgan fingerprint density at radius 3 is 1.00 bits per heavy atom. The van der Waals surface area contributed by atoms with E-state index in [1.54, 1.807) is 11.4 Å². The lowest BCUT2D eigenvalue weighted by Gasteiger charge is -2.53. The molecule has 0 amide bonds. The summed E-state index contributed by atoms with van der Waals surface area (Å²) in [5, 5.41) is 0. The molecule has 0 spiro atoms. The number of hydrogen-bond acceptors (Lipinski definition) is 0. The van der Waals surface area contributed by atoms with Crippen molar-refractivity contribution in [3.63, 3.8) is 0 Å². The topological polar surface area (TPSA) is 6.48 Å². The summed E-state index contributed by atoms with van der Waals surface area (Å²) in [5.74, 6) is 0. The lowest BCUT2D eigenvalue weighted by Crippen LogP contribution is -2.46. The van der Waals surface area contributed by atoms with E-state index < -0.39 is 6.89 Å². The van der Waals surface area contributed by atoms with Crippen molar-refractivity contribution in [3.8, 4) is 0 Å². The molecule has 0 radical (unpaired) electrons. The van der Waals surface area contributed by atoms with Gasteiger partial charge in [-0.2, -0.15) is 0 Å². The molecule has 2 atom stereocenters. The fourth-order valence-corrected chi connectivity index (χ4v) is 19.7. The van der Waals surface area contributed by atoms with Crippen LogP contribution in [-0.4, -0.2) is 34.6 Å². The smallest absolute Gasteiger partial charge is 0.109 e. The van der Waals surface area contributed by atoms with Gasteiger partial charge in [-0.3, -0.25) is 0 Å². The highest BCUT2D eigenvalue weighted by Gasteiger charge is 2.55. The van der Waals surface area contributed by atoms with Gasteiger partial charge in [-0.1, -0.05) is 113 Å². The molecule has 2 unspecified atom stereocenters. The van der Waals surface area contributed by atoms with Crippen molar-refractivity contribution in [3.05, 3.63) is 57.6 Å². The van der Waals surface area contributed by atoms with Crippen LogP contribution in [-0.2, 0) is 0 Å². The molecule has 46 heavy (non-hydrogen) atoms. The molecule has 5 aliphatic rings. The molecule has 0 bridgehead atoms. The van der Waals surface area contributed by atoms with Crippen molar-refractivity contribution in [2.45, 2.75) is 193 Å². The van der Waals surface area contributed by atoms with E-state index in [0.717, 1.165) is 17.0 Å². The lowest BCUT2D eigenvalue weighted by atomic mass is 9.88. The van der Waals surface area contributed by atoms with E-state index in [-0.39, 0.29) is 0 Å². The van der Waals surface area contributed by atoms with Crippen LogP contribution in [0.4, 0.5) is 11.4 Å². The SMILES string of the molecule is Cc1cc(C)c(N2C(=P(C3CCCCC3)(C3CCCCC3)C3CCCCC3)N(c3c(C)cc(C)cc3C)C3CCCCC32)c(C)c1. The van der Waals surface area contributed by atoms with Gasteiger partial charge in [0, 0.05) is 11.4 Å². The maximum absolute atomic E-state index is 3.18. The molecule has 2 aromatic carbocycles. The molecule has 1 saturated heterocycles. The summed E-state index contributed by atoms with van der Waals surface area (Å²) in [6.45, 7) is 12.8. The van der Waals surface area contributed by atoms with Gasteiger partial charge >= 0.3 is 0 Å². The monoisotopic (exact) mass is 640 g/mol. The first-order valence-electron chi connectivity index (χ1n) is 19.8. The third-order valence-corrected chi connectivity index (χ3v) is 19.7. The predicted octanol–water partition coefficient (Wildman–Crippen LogP) is 12.3. The number of hydrogen-bond donors (Lipinski definition) is 0. The third kappa shape index (κ3) is 5.63. The van der Waals surface area contributed by atoms with Crippen molar-refractivity contribution in [1.29, 1.82) is 0 Å². The van der Waals surface area contributed by atoms with E-state index in [0.29, 0.717) is 12.1 Å². The minimum absolute atomic E-state index is 0.596. The molecule has 2 nitrogen and oxygen atoms in total. The maximum atomic E-state index is 3.18. The normalized spacial score (nSPS) is 25.7. The second-order valence-corrected chi connectivity index (χ2v) is 20.9. The van der Waals surface area contributed by atoms with Crippen molar-refractivity contribution in [2.75, 3.05) is 9.80 Å². The Morgan fingerprint density at radius 2 is 0.696 bits per heavy atom. The van der Waals surface area contributed by atoms with Crippen LogP contribution in [0.25, 0.3) is 0 Å². The van der Waals surface area contributed by atoms with Crippen LogP contribution < -0.4 is 9.80 Å². The van der Waals surface area contributed by atoms with E-state index >= 15 is 0 Å². The molecular formula is C43H65N2P. The maximum Gasteiger partial charge on any atom is 0.109 e. The van der Waals surface area contributed by atoms with Gasteiger partial charge in [0.15, 0.2) is 0 Å². The second kappa shape index (κ2) is 13.7. The van der Waals surface area contributed by atoms with Gasteiger partial charge in [0.2, 0.25) is 0 Å². The zero-order valence-corrected chi connectivity index (χ0v) is 31.4. The number of benzene rings is 2. The summed E-state index contributed by atoms with van der Waals surface area (Å²) < 4.78 is 0. The fraction of sp³-hybridized carbons (Fsp3) is 0.698. The molecule has 252 valence electrons. The molecule has 4 aliphatic carbocycles. The van der Waals surface area contributed by atoms with Gasteiger partial charge in [-0.05, 0) is 132 Å². The van der Waals surface area contributed by atoms with Crippen LogP contribution in [0, 0.1) is 41.5 Å². The number of fused-ring (bicyclic) bond motifs is 1. The van der Waals surface area contributed by atoms with E-state index in [2.05, 4.69) is 75.6 Å². The quantitative estimate of drug-likeness (QED) is 0.300.